The Kier molecular flexibility index (Phi) is 3.05. The molecular weight excluding hydrogens is 224 g/mol. The highest BCUT2D eigenvalue weighted by atomic mass is 79.9. The van der Waals surface area contributed by atoms with E-state index in [1.54, 1.807) is 0 Å². The van der Waals surface area contributed by atoms with E-state index in [-0.39, 0.29) is 0 Å². The van der Waals surface area contributed by atoms with Crippen molar-refractivity contribution in [3.8, 4) is 0 Å². The molecule has 1 aromatic carbocycles. The molecule has 0 unspecified atom stereocenters. The molecule has 0 aliphatic heterocycles. The molecule has 0 saturated heterocycles. The number of hydrogen-bond donors (Lipinski definition) is 0. The van der Waals surface area contributed by atoms with Crippen LogP contribution in [0, 0.1) is 5.92 Å². The number of halogens is 1. The Morgan fingerprint density at radius 2 is 1.92 bits per heavy atom. The minimum atomic E-state index is 0.823. The van der Waals surface area contributed by atoms with E-state index in [0.717, 1.165) is 11.8 Å². The monoisotopic (exact) mass is 238 g/mol. The lowest BCUT2D eigenvalue weighted by Gasteiger charge is -2.09. The Morgan fingerprint density at radius 1 is 1.15 bits per heavy atom. The van der Waals surface area contributed by atoms with Crippen molar-refractivity contribution >= 4 is 15.9 Å². The quantitative estimate of drug-likeness (QED) is 0.685. The topological polar surface area (TPSA) is 0 Å². The molecule has 0 radical (unpaired) electrons. The van der Waals surface area contributed by atoms with Gasteiger partial charge in [-0.3, -0.25) is 0 Å². The molecule has 1 aliphatic rings. The summed E-state index contributed by atoms with van der Waals surface area (Å²) in [6, 6.07) is 10.9. The van der Waals surface area contributed by atoms with E-state index in [4.69, 9.17) is 0 Å². The van der Waals surface area contributed by atoms with E-state index in [1.807, 2.05) is 0 Å². The largest absolute Gasteiger partial charge is 0.0925 e. The lowest BCUT2D eigenvalue weighted by atomic mass is 9.97. The SMILES string of the molecule is BrC[C@H]1CC[C@@H](c2ccccc2)C1. The smallest absolute Gasteiger partial charge is 0.00598 e. The fourth-order valence-corrected chi connectivity index (χ4v) is 2.83. The van der Waals surface area contributed by atoms with Crippen LogP contribution in [-0.2, 0) is 0 Å². The Hall–Kier alpha value is -0.300. The number of alkyl halides is 1. The first-order valence-corrected chi connectivity index (χ1v) is 6.13. The minimum Gasteiger partial charge on any atom is -0.0925 e. The van der Waals surface area contributed by atoms with Gasteiger partial charge in [0.05, 0.1) is 0 Å². The maximum Gasteiger partial charge on any atom is 0.00598 e. The summed E-state index contributed by atoms with van der Waals surface area (Å²) in [5.74, 6) is 1.73. The highest BCUT2D eigenvalue weighted by Gasteiger charge is 2.24. The summed E-state index contributed by atoms with van der Waals surface area (Å²) in [6.07, 6.45) is 4.14. The fourth-order valence-electron chi connectivity index (χ4n) is 2.24. The van der Waals surface area contributed by atoms with Crippen LogP contribution in [0.3, 0.4) is 0 Å². The summed E-state index contributed by atoms with van der Waals surface area (Å²) in [6.45, 7) is 0. The minimum absolute atomic E-state index is 0.823. The van der Waals surface area contributed by atoms with Crippen molar-refractivity contribution in [1.29, 1.82) is 0 Å². The maximum absolute atomic E-state index is 3.58. The van der Waals surface area contributed by atoms with Crippen molar-refractivity contribution in [2.24, 2.45) is 5.92 Å². The van der Waals surface area contributed by atoms with E-state index in [9.17, 15) is 0 Å². The Balaban J connectivity index is 2.04. The van der Waals surface area contributed by atoms with Gasteiger partial charge in [-0.1, -0.05) is 46.3 Å². The zero-order valence-corrected chi connectivity index (χ0v) is 9.33. The van der Waals surface area contributed by atoms with Crippen molar-refractivity contribution in [3.63, 3.8) is 0 Å². The second-order valence-corrected chi connectivity index (χ2v) is 4.59. The van der Waals surface area contributed by atoms with Crippen LogP contribution in [0.25, 0.3) is 0 Å². The van der Waals surface area contributed by atoms with Crippen molar-refractivity contribution in [1.82, 2.24) is 0 Å². The number of benzene rings is 1. The van der Waals surface area contributed by atoms with Gasteiger partial charge in [0.1, 0.15) is 0 Å². The van der Waals surface area contributed by atoms with Gasteiger partial charge in [-0.05, 0) is 36.7 Å². The number of rotatable bonds is 2. The lowest BCUT2D eigenvalue weighted by molar-refractivity contribution is 0.610. The van der Waals surface area contributed by atoms with Crippen LogP contribution >= 0.6 is 15.9 Å². The molecule has 1 heteroatoms. The molecule has 1 aromatic rings. The third-order valence-corrected chi connectivity index (χ3v) is 3.95. The van der Waals surface area contributed by atoms with Gasteiger partial charge in [-0.15, -0.1) is 0 Å². The molecule has 1 aliphatic carbocycles. The predicted molar refractivity (Wildman–Crippen MR) is 60.3 cm³/mol. The third kappa shape index (κ3) is 2.14. The van der Waals surface area contributed by atoms with Gasteiger partial charge >= 0.3 is 0 Å². The first-order valence-electron chi connectivity index (χ1n) is 5.01. The van der Waals surface area contributed by atoms with Crippen LogP contribution < -0.4 is 0 Å². The highest BCUT2D eigenvalue weighted by Crippen LogP contribution is 2.38. The molecule has 1 saturated carbocycles. The molecule has 2 rings (SSSR count). The summed E-state index contributed by atoms with van der Waals surface area (Å²) in [5, 5.41) is 1.18. The van der Waals surface area contributed by atoms with E-state index < -0.39 is 0 Å². The Morgan fingerprint density at radius 3 is 2.54 bits per heavy atom. The van der Waals surface area contributed by atoms with Crippen LogP contribution in [-0.4, -0.2) is 5.33 Å². The Labute approximate surface area is 88.5 Å². The first-order chi connectivity index (χ1) is 6.40. The van der Waals surface area contributed by atoms with E-state index in [1.165, 1.54) is 30.2 Å². The Bertz CT molecular complexity index is 255. The lowest BCUT2D eigenvalue weighted by Crippen LogP contribution is -1.96. The molecule has 70 valence electrons. The van der Waals surface area contributed by atoms with Crippen molar-refractivity contribution < 1.29 is 0 Å². The summed E-state index contributed by atoms with van der Waals surface area (Å²) in [4.78, 5) is 0. The van der Waals surface area contributed by atoms with E-state index >= 15 is 0 Å². The predicted octanol–water partition coefficient (Wildman–Crippen LogP) is 3.97. The van der Waals surface area contributed by atoms with Crippen molar-refractivity contribution in [3.05, 3.63) is 35.9 Å². The average molecular weight is 239 g/mol. The van der Waals surface area contributed by atoms with Crippen LogP contribution in [0.5, 0.6) is 0 Å². The summed E-state index contributed by atoms with van der Waals surface area (Å²) in [7, 11) is 0. The van der Waals surface area contributed by atoms with E-state index in [0.29, 0.717) is 0 Å². The van der Waals surface area contributed by atoms with Crippen molar-refractivity contribution in [2.75, 3.05) is 5.33 Å². The second kappa shape index (κ2) is 4.28. The zero-order valence-electron chi connectivity index (χ0n) is 7.75. The number of hydrogen-bond acceptors (Lipinski definition) is 0. The zero-order chi connectivity index (χ0) is 9.10. The molecule has 2 atom stereocenters. The molecule has 0 amide bonds. The molecule has 13 heavy (non-hydrogen) atoms. The maximum atomic E-state index is 3.58. The van der Waals surface area contributed by atoms with Crippen molar-refractivity contribution in [2.45, 2.75) is 25.2 Å². The molecular formula is C12H15Br. The fraction of sp³-hybridized carbons (Fsp3) is 0.500. The summed E-state index contributed by atoms with van der Waals surface area (Å²) >= 11 is 3.58. The normalized spacial score (nSPS) is 27.8. The van der Waals surface area contributed by atoms with E-state index in [2.05, 4.69) is 46.3 Å². The third-order valence-electron chi connectivity index (χ3n) is 3.03. The molecule has 0 bridgehead atoms. The van der Waals surface area contributed by atoms with Gasteiger partial charge in [0.15, 0.2) is 0 Å². The molecule has 0 spiro atoms. The molecule has 0 N–H and O–H groups in total. The second-order valence-electron chi connectivity index (χ2n) is 3.94. The van der Waals surface area contributed by atoms with Crippen LogP contribution in [0.4, 0.5) is 0 Å². The molecule has 1 fully saturated rings. The van der Waals surface area contributed by atoms with Gasteiger partial charge < -0.3 is 0 Å². The van der Waals surface area contributed by atoms with Gasteiger partial charge in [0, 0.05) is 5.33 Å². The van der Waals surface area contributed by atoms with Crippen LogP contribution in [0.15, 0.2) is 30.3 Å². The summed E-state index contributed by atoms with van der Waals surface area (Å²) in [5.41, 5.74) is 1.53. The first kappa shape index (κ1) is 9.26. The average Bonchev–Trinajstić information content (AvgIpc) is 2.67. The van der Waals surface area contributed by atoms with Gasteiger partial charge in [0.25, 0.3) is 0 Å². The molecule has 0 aromatic heterocycles. The van der Waals surface area contributed by atoms with Crippen LogP contribution in [0.1, 0.15) is 30.7 Å². The standard InChI is InChI=1S/C12H15Br/c13-9-10-6-7-12(8-10)11-4-2-1-3-5-11/h1-5,10,12H,6-9H2/t10-,12+/m0/s1. The molecule has 0 heterocycles. The highest BCUT2D eigenvalue weighted by molar-refractivity contribution is 9.09. The van der Waals surface area contributed by atoms with Gasteiger partial charge in [-0.2, -0.15) is 0 Å². The van der Waals surface area contributed by atoms with Gasteiger partial charge in [0.2, 0.25) is 0 Å². The summed E-state index contributed by atoms with van der Waals surface area (Å²) < 4.78 is 0. The van der Waals surface area contributed by atoms with Crippen LogP contribution in [0.2, 0.25) is 0 Å². The van der Waals surface area contributed by atoms with Gasteiger partial charge in [-0.25, -0.2) is 0 Å². The molecule has 0 nitrogen and oxygen atoms in total.